The first-order valence-corrected chi connectivity index (χ1v) is 6.98. The molecule has 2 rings (SSSR count). The summed E-state index contributed by atoms with van der Waals surface area (Å²) < 4.78 is 13.6. The van der Waals surface area contributed by atoms with Crippen LogP contribution in [0.2, 0.25) is 0 Å². The van der Waals surface area contributed by atoms with Gasteiger partial charge in [0.1, 0.15) is 5.82 Å². The molecule has 0 aliphatic heterocycles. The third-order valence-corrected chi connectivity index (χ3v) is 4.44. The number of nitrogens with two attached hydrogens (primary N) is 1. The summed E-state index contributed by atoms with van der Waals surface area (Å²) in [6.07, 6.45) is 0.722. The summed E-state index contributed by atoms with van der Waals surface area (Å²) in [5.74, 6) is -0.241. The Hall–Kier alpha value is -0.710. The Labute approximate surface area is 113 Å². The molecule has 1 aromatic heterocycles. The highest BCUT2D eigenvalue weighted by Gasteiger charge is 2.12. The fourth-order valence-electron chi connectivity index (χ4n) is 1.78. The van der Waals surface area contributed by atoms with Crippen molar-refractivity contribution in [2.45, 2.75) is 19.4 Å². The fraction of sp³-hybridized carbons (Fsp3) is 0.231. The van der Waals surface area contributed by atoms with E-state index in [0.717, 1.165) is 12.0 Å². The van der Waals surface area contributed by atoms with Crippen molar-refractivity contribution in [1.29, 1.82) is 0 Å². The lowest BCUT2D eigenvalue weighted by molar-refractivity contribution is 0.619. The van der Waals surface area contributed by atoms with E-state index in [1.54, 1.807) is 23.5 Å². The van der Waals surface area contributed by atoms with Crippen molar-refractivity contribution in [2.24, 2.45) is 5.73 Å². The molecule has 2 aromatic rings. The first kappa shape index (κ1) is 12.7. The first-order valence-electron chi connectivity index (χ1n) is 5.31. The van der Waals surface area contributed by atoms with Crippen molar-refractivity contribution in [3.05, 3.63) is 55.9 Å². The molecule has 0 fully saturated rings. The van der Waals surface area contributed by atoms with Gasteiger partial charge in [-0.1, -0.05) is 6.07 Å². The van der Waals surface area contributed by atoms with Crippen molar-refractivity contribution in [1.82, 2.24) is 0 Å². The van der Waals surface area contributed by atoms with Gasteiger partial charge in [-0.15, -0.1) is 11.3 Å². The normalized spacial score (nSPS) is 12.7. The van der Waals surface area contributed by atoms with E-state index in [4.69, 9.17) is 5.73 Å². The van der Waals surface area contributed by atoms with Gasteiger partial charge in [-0.25, -0.2) is 4.39 Å². The third-order valence-electron chi connectivity index (χ3n) is 2.68. The predicted octanol–water partition coefficient (Wildman–Crippen LogP) is 4.20. The molecule has 0 aliphatic rings. The van der Waals surface area contributed by atoms with Gasteiger partial charge in [-0.2, -0.15) is 0 Å². The molecule has 1 nitrogen and oxygen atoms in total. The molecule has 1 unspecified atom stereocenters. The molecule has 0 aliphatic carbocycles. The van der Waals surface area contributed by atoms with Crippen molar-refractivity contribution < 1.29 is 4.39 Å². The van der Waals surface area contributed by atoms with Gasteiger partial charge in [-0.3, -0.25) is 0 Å². The quantitative estimate of drug-likeness (QED) is 0.903. The van der Waals surface area contributed by atoms with Crippen LogP contribution in [0.25, 0.3) is 0 Å². The predicted molar refractivity (Wildman–Crippen MR) is 73.8 cm³/mol. The molecular weight excluding hydrogens is 301 g/mol. The molecule has 4 heteroatoms. The lowest BCUT2D eigenvalue weighted by Gasteiger charge is -2.11. The lowest BCUT2D eigenvalue weighted by atomic mass is 10.0. The Bertz CT molecular complexity index is 524. The molecule has 1 atom stereocenters. The Morgan fingerprint density at radius 1 is 1.41 bits per heavy atom. The van der Waals surface area contributed by atoms with Crippen LogP contribution in [-0.4, -0.2) is 0 Å². The highest BCUT2D eigenvalue weighted by atomic mass is 79.9. The molecule has 0 bridgehead atoms. The first-order chi connectivity index (χ1) is 8.08. The van der Waals surface area contributed by atoms with E-state index >= 15 is 0 Å². The SMILES string of the molecule is Cc1ccsc1C(N)Cc1ccc(F)c(Br)c1. The largest absolute Gasteiger partial charge is 0.323 e. The topological polar surface area (TPSA) is 26.0 Å². The van der Waals surface area contributed by atoms with E-state index in [2.05, 4.69) is 28.9 Å². The Kier molecular flexibility index (Phi) is 3.97. The summed E-state index contributed by atoms with van der Waals surface area (Å²) in [5.41, 5.74) is 8.43. The molecule has 0 saturated heterocycles. The van der Waals surface area contributed by atoms with Crippen LogP contribution in [0.3, 0.4) is 0 Å². The second-order valence-electron chi connectivity index (χ2n) is 4.03. The number of rotatable bonds is 3. The molecule has 0 spiro atoms. The summed E-state index contributed by atoms with van der Waals surface area (Å²) in [6, 6.07) is 7.09. The van der Waals surface area contributed by atoms with E-state index in [1.165, 1.54) is 16.5 Å². The number of hydrogen-bond donors (Lipinski definition) is 1. The highest BCUT2D eigenvalue weighted by molar-refractivity contribution is 9.10. The summed E-state index contributed by atoms with van der Waals surface area (Å²) in [6.45, 7) is 2.06. The van der Waals surface area contributed by atoms with E-state index in [0.29, 0.717) is 4.47 Å². The number of benzene rings is 1. The molecule has 90 valence electrons. The van der Waals surface area contributed by atoms with Crippen LogP contribution < -0.4 is 5.73 Å². The molecule has 17 heavy (non-hydrogen) atoms. The fourth-order valence-corrected chi connectivity index (χ4v) is 3.13. The summed E-state index contributed by atoms with van der Waals surface area (Å²) in [4.78, 5) is 1.20. The van der Waals surface area contributed by atoms with Gasteiger partial charge < -0.3 is 5.73 Å². The number of thiophene rings is 1. The van der Waals surface area contributed by atoms with Crippen molar-refractivity contribution in [3.63, 3.8) is 0 Å². The van der Waals surface area contributed by atoms with Gasteiger partial charge in [0.05, 0.1) is 4.47 Å². The number of halogens is 2. The van der Waals surface area contributed by atoms with Gasteiger partial charge in [0.15, 0.2) is 0 Å². The molecule has 1 heterocycles. The molecule has 1 aromatic carbocycles. The summed E-state index contributed by atoms with van der Waals surface area (Å²) in [7, 11) is 0. The van der Waals surface area contributed by atoms with Gasteiger partial charge in [0.25, 0.3) is 0 Å². The van der Waals surface area contributed by atoms with Crippen LogP contribution in [0.1, 0.15) is 22.0 Å². The Morgan fingerprint density at radius 3 is 2.76 bits per heavy atom. The van der Waals surface area contributed by atoms with Crippen LogP contribution in [0.5, 0.6) is 0 Å². The average Bonchev–Trinajstić information content (AvgIpc) is 2.70. The van der Waals surface area contributed by atoms with Crippen LogP contribution in [0, 0.1) is 12.7 Å². The van der Waals surface area contributed by atoms with E-state index in [-0.39, 0.29) is 11.9 Å². The lowest BCUT2D eigenvalue weighted by Crippen LogP contribution is -2.12. The number of aryl methyl sites for hydroxylation is 1. The monoisotopic (exact) mass is 313 g/mol. The highest BCUT2D eigenvalue weighted by Crippen LogP contribution is 2.26. The number of hydrogen-bond acceptors (Lipinski definition) is 2. The Balaban J connectivity index is 2.16. The molecule has 0 amide bonds. The van der Waals surface area contributed by atoms with E-state index in [1.807, 2.05) is 5.38 Å². The molecular formula is C13H13BrFNS. The van der Waals surface area contributed by atoms with Crippen molar-refractivity contribution >= 4 is 27.3 Å². The van der Waals surface area contributed by atoms with Crippen molar-refractivity contribution in [2.75, 3.05) is 0 Å². The summed E-state index contributed by atoms with van der Waals surface area (Å²) >= 11 is 4.86. The zero-order chi connectivity index (χ0) is 12.4. The van der Waals surface area contributed by atoms with Gasteiger partial charge >= 0.3 is 0 Å². The molecule has 0 saturated carbocycles. The molecule has 2 N–H and O–H groups in total. The van der Waals surface area contributed by atoms with E-state index in [9.17, 15) is 4.39 Å². The minimum atomic E-state index is -0.241. The van der Waals surface area contributed by atoms with Crippen molar-refractivity contribution in [3.8, 4) is 0 Å². The van der Waals surface area contributed by atoms with Crippen LogP contribution >= 0.6 is 27.3 Å². The zero-order valence-electron chi connectivity index (χ0n) is 9.41. The minimum absolute atomic E-state index is 0.0210. The third kappa shape index (κ3) is 2.94. The standard InChI is InChI=1S/C13H13BrFNS/c1-8-4-5-17-13(8)12(16)7-9-2-3-11(15)10(14)6-9/h2-6,12H,7,16H2,1H3. The van der Waals surface area contributed by atoms with E-state index < -0.39 is 0 Å². The van der Waals surface area contributed by atoms with Gasteiger partial charge in [-0.05, 0) is 64.0 Å². The van der Waals surface area contributed by atoms with Crippen LogP contribution in [0.4, 0.5) is 4.39 Å². The van der Waals surface area contributed by atoms with Crippen LogP contribution in [0.15, 0.2) is 34.1 Å². The second-order valence-corrected chi connectivity index (χ2v) is 5.83. The second kappa shape index (κ2) is 5.29. The molecule has 0 radical (unpaired) electrons. The maximum atomic E-state index is 13.1. The average molecular weight is 314 g/mol. The maximum absolute atomic E-state index is 13.1. The van der Waals surface area contributed by atoms with Crippen LogP contribution in [-0.2, 0) is 6.42 Å². The maximum Gasteiger partial charge on any atom is 0.137 e. The van der Waals surface area contributed by atoms with Gasteiger partial charge in [0, 0.05) is 10.9 Å². The Morgan fingerprint density at radius 2 is 2.18 bits per heavy atom. The smallest absolute Gasteiger partial charge is 0.137 e. The minimum Gasteiger partial charge on any atom is -0.323 e. The summed E-state index contributed by atoms with van der Waals surface area (Å²) in [5, 5.41) is 2.05. The zero-order valence-corrected chi connectivity index (χ0v) is 11.8. The van der Waals surface area contributed by atoms with Gasteiger partial charge in [0.2, 0.25) is 0 Å².